The van der Waals surface area contributed by atoms with Crippen LogP contribution in [0.2, 0.25) is 5.02 Å². The van der Waals surface area contributed by atoms with Crippen LogP contribution >= 0.6 is 11.6 Å². The molecule has 0 N–H and O–H groups in total. The Morgan fingerprint density at radius 1 is 1.50 bits per heavy atom. The van der Waals surface area contributed by atoms with Crippen LogP contribution in [0.4, 0.5) is 5.69 Å². The molecular formula is C12H13ClN2O4S. The lowest BCUT2D eigenvalue weighted by atomic mass is 10.3. The summed E-state index contributed by atoms with van der Waals surface area (Å²) >= 11 is 5.90. The van der Waals surface area contributed by atoms with Gasteiger partial charge in [0.25, 0.3) is 5.69 Å². The molecule has 108 valence electrons. The summed E-state index contributed by atoms with van der Waals surface area (Å²) in [5, 5.41) is 10.7. The molecule has 0 unspecified atom stereocenters. The van der Waals surface area contributed by atoms with E-state index in [9.17, 15) is 18.5 Å². The number of nitro groups is 1. The molecule has 2 rings (SSSR count). The van der Waals surface area contributed by atoms with Crippen LogP contribution in [0.25, 0.3) is 0 Å². The first-order valence-electron chi connectivity index (χ1n) is 5.94. The van der Waals surface area contributed by atoms with Crippen molar-refractivity contribution in [3.05, 3.63) is 46.0 Å². The van der Waals surface area contributed by atoms with Gasteiger partial charge in [-0.2, -0.15) is 4.31 Å². The summed E-state index contributed by atoms with van der Waals surface area (Å²) < 4.78 is 26.4. The van der Waals surface area contributed by atoms with Crippen LogP contribution < -0.4 is 0 Å². The van der Waals surface area contributed by atoms with Crippen molar-refractivity contribution in [2.24, 2.45) is 0 Å². The van der Waals surface area contributed by atoms with Crippen molar-refractivity contribution >= 4 is 27.3 Å². The van der Waals surface area contributed by atoms with Gasteiger partial charge in [0.05, 0.1) is 9.95 Å². The number of nitro benzene ring substituents is 1. The third-order valence-electron chi connectivity index (χ3n) is 2.98. The first-order valence-corrected chi connectivity index (χ1v) is 7.76. The van der Waals surface area contributed by atoms with Crippen LogP contribution in [-0.2, 0) is 10.0 Å². The minimum atomic E-state index is -3.86. The lowest BCUT2D eigenvalue weighted by molar-refractivity contribution is -0.385. The van der Waals surface area contributed by atoms with E-state index in [4.69, 9.17) is 11.6 Å². The highest BCUT2D eigenvalue weighted by molar-refractivity contribution is 7.89. The van der Waals surface area contributed by atoms with Crippen molar-refractivity contribution < 1.29 is 13.3 Å². The van der Waals surface area contributed by atoms with Crippen molar-refractivity contribution in [2.75, 3.05) is 6.54 Å². The Labute approximate surface area is 121 Å². The molecule has 0 amide bonds. The zero-order valence-electron chi connectivity index (χ0n) is 10.5. The Hall–Kier alpha value is -1.44. The molecule has 1 aromatic rings. The molecule has 1 aromatic carbocycles. The number of non-ortho nitro benzene ring substituents is 1. The van der Waals surface area contributed by atoms with E-state index in [2.05, 4.69) is 6.58 Å². The van der Waals surface area contributed by atoms with Gasteiger partial charge in [0.15, 0.2) is 0 Å². The van der Waals surface area contributed by atoms with E-state index in [-0.39, 0.29) is 28.2 Å². The SMILES string of the molecule is C=CCN(C1CC1)S(=O)(=O)c1cc([N+](=O)[O-])ccc1Cl. The molecule has 0 atom stereocenters. The maximum Gasteiger partial charge on any atom is 0.270 e. The van der Waals surface area contributed by atoms with E-state index >= 15 is 0 Å². The van der Waals surface area contributed by atoms with E-state index in [1.807, 2.05) is 0 Å². The van der Waals surface area contributed by atoms with Gasteiger partial charge in [-0.3, -0.25) is 10.1 Å². The van der Waals surface area contributed by atoms with Crippen LogP contribution in [0.1, 0.15) is 12.8 Å². The van der Waals surface area contributed by atoms with Gasteiger partial charge in [0.2, 0.25) is 10.0 Å². The second-order valence-electron chi connectivity index (χ2n) is 4.47. The Balaban J connectivity index is 2.49. The number of sulfonamides is 1. The van der Waals surface area contributed by atoms with Gasteiger partial charge < -0.3 is 0 Å². The van der Waals surface area contributed by atoms with Crippen LogP contribution in [0, 0.1) is 10.1 Å². The topological polar surface area (TPSA) is 80.5 Å². The Kier molecular flexibility index (Phi) is 4.12. The second kappa shape index (κ2) is 5.51. The predicted molar refractivity (Wildman–Crippen MR) is 75.2 cm³/mol. The van der Waals surface area contributed by atoms with Crippen molar-refractivity contribution in [3.8, 4) is 0 Å². The van der Waals surface area contributed by atoms with E-state index in [1.165, 1.54) is 22.5 Å². The predicted octanol–water partition coefficient (Wildman–Crippen LogP) is 2.59. The molecule has 0 heterocycles. The number of hydrogen-bond acceptors (Lipinski definition) is 4. The summed E-state index contributed by atoms with van der Waals surface area (Å²) in [5.74, 6) is 0. The van der Waals surface area contributed by atoms with Crippen LogP contribution in [0.5, 0.6) is 0 Å². The zero-order valence-corrected chi connectivity index (χ0v) is 12.1. The molecule has 0 spiro atoms. The van der Waals surface area contributed by atoms with E-state index in [0.29, 0.717) is 0 Å². The maximum atomic E-state index is 12.6. The summed E-state index contributed by atoms with van der Waals surface area (Å²) in [6.07, 6.45) is 3.04. The second-order valence-corrected chi connectivity index (χ2v) is 6.73. The van der Waals surface area contributed by atoms with E-state index in [0.717, 1.165) is 18.9 Å². The monoisotopic (exact) mass is 316 g/mol. The van der Waals surface area contributed by atoms with Crippen LogP contribution in [0.3, 0.4) is 0 Å². The average molecular weight is 317 g/mol. The summed E-state index contributed by atoms with van der Waals surface area (Å²) in [6, 6.07) is 3.33. The molecule has 20 heavy (non-hydrogen) atoms. The fraction of sp³-hybridized carbons (Fsp3) is 0.333. The molecule has 8 heteroatoms. The van der Waals surface area contributed by atoms with Gasteiger partial charge in [-0.05, 0) is 18.9 Å². The number of benzene rings is 1. The Morgan fingerprint density at radius 3 is 2.65 bits per heavy atom. The number of nitrogens with zero attached hydrogens (tertiary/aromatic N) is 2. The summed E-state index contributed by atoms with van der Waals surface area (Å²) in [5.41, 5.74) is -0.303. The van der Waals surface area contributed by atoms with Crippen molar-refractivity contribution in [1.29, 1.82) is 0 Å². The summed E-state index contributed by atoms with van der Waals surface area (Å²) in [7, 11) is -3.86. The molecule has 0 bridgehead atoms. The van der Waals surface area contributed by atoms with Crippen LogP contribution in [-0.4, -0.2) is 30.2 Å². The summed E-state index contributed by atoms with van der Waals surface area (Å²) in [6.45, 7) is 3.70. The first kappa shape index (κ1) is 15.0. The Morgan fingerprint density at radius 2 is 2.15 bits per heavy atom. The molecule has 1 aliphatic rings. The lowest BCUT2D eigenvalue weighted by Gasteiger charge is -2.20. The number of hydrogen-bond donors (Lipinski definition) is 0. The fourth-order valence-corrected chi connectivity index (χ4v) is 4.01. The average Bonchev–Trinajstić information content (AvgIpc) is 3.19. The normalized spacial score (nSPS) is 15.3. The molecule has 0 saturated heterocycles. The lowest BCUT2D eigenvalue weighted by Crippen LogP contribution is -2.33. The standard InChI is InChI=1S/C12H13ClN2O4S/c1-2-7-14(9-3-4-9)20(18,19)12-8-10(15(16)17)5-6-11(12)13/h2,5-6,8-9H,1,3-4,7H2. The van der Waals surface area contributed by atoms with Gasteiger partial charge in [-0.15, -0.1) is 6.58 Å². The van der Waals surface area contributed by atoms with Crippen molar-refractivity contribution in [2.45, 2.75) is 23.8 Å². The highest BCUT2D eigenvalue weighted by Gasteiger charge is 2.38. The van der Waals surface area contributed by atoms with Gasteiger partial charge in [0.1, 0.15) is 4.90 Å². The quantitative estimate of drug-likeness (QED) is 0.459. The van der Waals surface area contributed by atoms with E-state index in [1.54, 1.807) is 0 Å². The van der Waals surface area contributed by atoms with Gasteiger partial charge >= 0.3 is 0 Å². The first-order chi connectivity index (χ1) is 9.37. The van der Waals surface area contributed by atoms with Gasteiger partial charge in [-0.1, -0.05) is 17.7 Å². The fourth-order valence-electron chi connectivity index (χ4n) is 1.86. The third-order valence-corrected chi connectivity index (χ3v) is 5.38. The third kappa shape index (κ3) is 2.84. The molecule has 1 fully saturated rings. The smallest absolute Gasteiger partial charge is 0.258 e. The highest BCUT2D eigenvalue weighted by Crippen LogP contribution is 2.35. The molecule has 0 aromatic heterocycles. The summed E-state index contributed by atoms with van der Waals surface area (Å²) in [4.78, 5) is 9.89. The molecular weight excluding hydrogens is 304 g/mol. The molecule has 1 saturated carbocycles. The molecule has 6 nitrogen and oxygen atoms in total. The minimum absolute atomic E-state index is 0.0229. The Bertz CT molecular complexity index is 655. The van der Waals surface area contributed by atoms with Crippen molar-refractivity contribution in [1.82, 2.24) is 4.31 Å². The van der Waals surface area contributed by atoms with Gasteiger partial charge in [0, 0.05) is 24.7 Å². The largest absolute Gasteiger partial charge is 0.270 e. The zero-order chi connectivity index (χ0) is 14.9. The van der Waals surface area contributed by atoms with Crippen molar-refractivity contribution in [3.63, 3.8) is 0 Å². The molecule has 1 aliphatic carbocycles. The number of rotatable bonds is 6. The molecule has 0 aliphatic heterocycles. The number of halogens is 1. The molecule has 0 radical (unpaired) electrons. The van der Waals surface area contributed by atoms with Crippen LogP contribution in [0.15, 0.2) is 35.7 Å². The van der Waals surface area contributed by atoms with Gasteiger partial charge in [-0.25, -0.2) is 8.42 Å². The maximum absolute atomic E-state index is 12.6. The minimum Gasteiger partial charge on any atom is -0.258 e. The highest BCUT2D eigenvalue weighted by atomic mass is 35.5. The van der Waals surface area contributed by atoms with E-state index < -0.39 is 14.9 Å².